The number of unbranched alkanes of at least 4 members (excludes halogenated alkanes) is 1. The number of aryl methyl sites for hydroxylation is 1. The Hall–Kier alpha value is -1.55. The molecule has 0 amide bonds. The largest absolute Gasteiger partial charge is 0.449 e. The Morgan fingerprint density at radius 2 is 2.21 bits per heavy atom. The average molecular weight is 284 g/mol. The van der Waals surface area contributed by atoms with E-state index in [4.69, 9.17) is 16.3 Å². The normalized spacial score (nSPS) is 10.9. The zero-order chi connectivity index (χ0) is 14.0. The Morgan fingerprint density at radius 3 is 2.89 bits per heavy atom. The van der Waals surface area contributed by atoms with Gasteiger partial charge in [-0.2, -0.15) is 0 Å². The van der Waals surface area contributed by atoms with Crippen LogP contribution in [0.25, 0.3) is 10.9 Å². The van der Waals surface area contributed by atoms with Crippen LogP contribution in [0.2, 0.25) is 5.02 Å². The maximum Gasteiger partial charge on any atom is 0.418 e. The summed E-state index contributed by atoms with van der Waals surface area (Å²) in [6, 6.07) is 3.19. The topological polar surface area (TPSA) is 31.2 Å². The molecule has 0 saturated carbocycles. The highest BCUT2D eigenvalue weighted by molar-refractivity contribution is 6.31. The van der Waals surface area contributed by atoms with E-state index < -0.39 is 11.9 Å². The van der Waals surface area contributed by atoms with Gasteiger partial charge in [-0.25, -0.2) is 13.8 Å². The van der Waals surface area contributed by atoms with Gasteiger partial charge in [0.1, 0.15) is 0 Å². The minimum absolute atomic E-state index is 0.00629. The quantitative estimate of drug-likeness (QED) is 0.775. The maximum atomic E-state index is 14.1. The predicted octanol–water partition coefficient (Wildman–Crippen LogP) is 4.53. The number of rotatable bonds is 3. The van der Waals surface area contributed by atoms with Gasteiger partial charge < -0.3 is 4.74 Å². The van der Waals surface area contributed by atoms with Crippen LogP contribution in [0.1, 0.15) is 25.3 Å². The molecule has 102 valence electrons. The number of ether oxygens (including phenoxy) is 1. The molecule has 0 fully saturated rings. The van der Waals surface area contributed by atoms with Crippen molar-refractivity contribution in [3.63, 3.8) is 0 Å². The molecule has 1 aromatic heterocycles. The second-order valence-electron chi connectivity index (χ2n) is 4.41. The first kappa shape index (κ1) is 13.9. The number of hydrogen-bond donors (Lipinski definition) is 0. The van der Waals surface area contributed by atoms with E-state index >= 15 is 0 Å². The molecule has 0 aliphatic carbocycles. The first-order chi connectivity index (χ1) is 9.06. The highest BCUT2D eigenvalue weighted by Gasteiger charge is 2.17. The van der Waals surface area contributed by atoms with Crippen molar-refractivity contribution < 1.29 is 13.9 Å². The van der Waals surface area contributed by atoms with Crippen molar-refractivity contribution in [2.75, 3.05) is 6.61 Å². The number of fused-ring (bicyclic) bond motifs is 1. The molecule has 1 heterocycles. The Labute approximate surface area is 115 Å². The van der Waals surface area contributed by atoms with Crippen molar-refractivity contribution in [3.05, 3.63) is 34.7 Å². The van der Waals surface area contributed by atoms with Crippen molar-refractivity contribution in [2.45, 2.75) is 26.7 Å². The number of hydrogen-bond acceptors (Lipinski definition) is 2. The van der Waals surface area contributed by atoms with Crippen molar-refractivity contribution in [1.82, 2.24) is 4.57 Å². The van der Waals surface area contributed by atoms with E-state index in [1.165, 1.54) is 10.6 Å². The Morgan fingerprint density at radius 1 is 1.47 bits per heavy atom. The van der Waals surface area contributed by atoms with Gasteiger partial charge >= 0.3 is 6.09 Å². The summed E-state index contributed by atoms with van der Waals surface area (Å²) < 4.78 is 20.3. The van der Waals surface area contributed by atoms with Gasteiger partial charge in [-0.1, -0.05) is 31.0 Å². The Kier molecular flexibility index (Phi) is 4.10. The number of nitrogens with zero attached hydrogens (tertiary/aromatic N) is 1. The maximum absolute atomic E-state index is 14.1. The highest BCUT2D eigenvalue weighted by atomic mass is 35.5. The van der Waals surface area contributed by atoms with Crippen LogP contribution in [0.5, 0.6) is 0 Å². The monoisotopic (exact) mass is 283 g/mol. The van der Waals surface area contributed by atoms with Crippen LogP contribution in [0.4, 0.5) is 9.18 Å². The van der Waals surface area contributed by atoms with E-state index in [2.05, 4.69) is 0 Å². The fourth-order valence-corrected chi connectivity index (χ4v) is 2.09. The third kappa shape index (κ3) is 2.59. The van der Waals surface area contributed by atoms with Gasteiger partial charge in [0.15, 0.2) is 5.82 Å². The van der Waals surface area contributed by atoms with Crippen molar-refractivity contribution >= 4 is 28.6 Å². The van der Waals surface area contributed by atoms with Gasteiger partial charge in [0.05, 0.1) is 17.1 Å². The smallest absolute Gasteiger partial charge is 0.418 e. The third-order valence-electron chi connectivity index (χ3n) is 2.98. The Balaban J connectivity index is 2.43. The summed E-state index contributed by atoms with van der Waals surface area (Å²) in [6.07, 6.45) is 2.71. The summed E-state index contributed by atoms with van der Waals surface area (Å²) in [5.41, 5.74) is 0.976. The summed E-state index contributed by atoms with van der Waals surface area (Å²) in [5, 5.41) is 0.655. The fourth-order valence-electron chi connectivity index (χ4n) is 1.94. The molecule has 0 bridgehead atoms. The molecule has 0 atom stereocenters. The molecule has 0 radical (unpaired) electrons. The summed E-state index contributed by atoms with van der Waals surface area (Å²) in [5.74, 6) is -0.597. The van der Waals surface area contributed by atoms with Gasteiger partial charge in [0.2, 0.25) is 0 Å². The number of carbonyl (C=O) groups excluding carboxylic acids is 1. The van der Waals surface area contributed by atoms with Crippen molar-refractivity contribution in [1.29, 1.82) is 0 Å². The standard InChI is InChI=1S/C14H15ClFNO2/c1-3-4-7-19-14(18)17-8-9(2)10-5-6-11(15)12(16)13(10)17/h5-6,8H,3-4,7H2,1-2H3. The predicted molar refractivity (Wildman–Crippen MR) is 73.3 cm³/mol. The highest BCUT2D eigenvalue weighted by Crippen LogP contribution is 2.28. The summed E-state index contributed by atoms with van der Waals surface area (Å²) in [7, 11) is 0. The lowest BCUT2D eigenvalue weighted by Crippen LogP contribution is -2.14. The van der Waals surface area contributed by atoms with Crippen LogP contribution in [0, 0.1) is 12.7 Å². The van der Waals surface area contributed by atoms with Crippen LogP contribution < -0.4 is 0 Å². The van der Waals surface area contributed by atoms with E-state index in [-0.39, 0.29) is 10.5 Å². The van der Waals surface area contributed by atoms with E-state index in [1.807, 2.05) is 13.8 Å². The molecule has 2 aromatic rings. The summed E-state index contributed by atoms with van der Waals surface area (Å²) >= 11 is 5.76. The lowest BCUT2D eigenvalue weighted by molar-refractivity contribution is 0.147. The number of aromatic nitrogens is 1. The molecule has 0 unspecified atom stereocenters. The van der Waals surface area contributed by atoms with E-state index in [9.17, 15) is 9.18 Å². The van der Waals surface area contributed by atoms with Crippen LogP contribution in [0.3, 0.4) is 0 Å². The molecular weight excluding hydrogens is 269 g/mol. The molecule has 0 spiro atoms. The lowest BCUT2D eigenvalue weighted by atomic mass is 10.2. The molecule has 2 rings (SSSR count). The zero-order valence-corrected chi connectivity index (χ0v) is 11.6. The van der Waals surface area contributed by atoms with Gasteiger partial charge in [-0.05, 0) is 25.0 Å². The molecule has 19 heavy (non-hydrogen) atoms. The Bertz CT molecular complexity index is 621. The van der Waals surface area contributed by atoms with Gasteiger partial charge in [0.25, 0.3) is 0 Å². The first-order valence-electron chi connectivity index (χ1n) is 6.19. The van der Waals surface area contributed by atoms with E-state index in [0.717, 1.165) is 18.4 Å². The molecule has 5 heteroatoms. The van der Waals surface area contributed by atoms with E-state index in [1.54, 1.807) is 12.3 Å². The molecule has 3 nitrogen and oxygen atoms in total. The van der Waals surface area contributed by atoms with Gasteiger partial charge in [0, 0.05) is 11.6 Å². The van der Waals surface area contributed by atoms with E-state index in [0.29, 0.717) is 12.0 Å². The van der Waals surface area contributed by atoms with Crippen LogP contribution in [0.15, 0.2) is 18.3 Å². The van der Waals surface area contributed by atoms with Gasteiger partial charge in [-0.15, -0.1) is 0 Å². The molecule has 0 N–H and O–H groups in total. The van der Waals surface area contributed by atoms with Crippen molar-refractivity contribution in [3.8, 4) is 0 Å². The molecular formula is C14H15ClFNO2. The minimum atomic E-state index is -0.597. The molecule has 0 aliphatic heterocycles. The second kappa shape index (κ2) is 5.61. The number of halogens is 2. The number of carbonyl (C=O) groups is 1. The molecule has 0 saturated heterocycles. The SMILES string of the molecule is CCCCOC(=O)n1cc(C)c2ccc(Cl)c(F)c21. The van der Waals surface area contributed by atoms with Crippen LogP contribution >= 0.6 is 11.6 Å². The van der Waals surface area contributed by atoms with Gasteiger partial charge in [-0.3, -0.25) is 0 Å². The summed E-state index contributed by atoms with van der Waals surface area (Å²) in [4.78, 5) is 11.9. The van der Waals surface area contributed by atoms with Crippen molar-refractivity contribution in [2.24, 2.45) is 0 Å². The summed E-state index contributed by atoms with van der Waals surface area (Å²) in [6.45, 7) is 4.14. The lowest BCUT2D eigenvalue weighted by Gasteiger charge is -2.06. The minimum Gasteiger partial charge on any atom is -0.449 e. The molecule has 0 aliphatic rings. The fraction of sp³-hybridized carbons (Fsp3) is 0.357. The molecule has 1 aromatic carbocycles. The number of benzene rings is 1. The third-order valence-corrected chi connectivity index (χ3v) is 3.27. The average Bonchev–Trinajstić information content (AvgIpc) is 2.72. The van der Waals surface area contributed by atoms with Crippen LogP contribution in [-0.2, 0) is 4.74 Å². The van der Waals surface area contributed by atoms with Crippen LogP contribution in [-0.4, -0.2) is 17.3 Å². The second-order valence-corrected chi connectivity index (χ2v) is 4.81. The zero-order valence-electron chi connectivity index (χ0n) is 10.9. The first-order valence-corrected chi connectivity index (χ1v) is 6.56.